The van der Waals surface area contributed by atoms with Crippen molar-refractivity contribution in [2.75, 3.05) is 43.9 Å². The molecule has 5 atom stereocenters. The van der Waals surface area contributed by atoms with Crippen molar-refractivity contribution < 1.29 is 28.2 Å². The van der Waals surface area contributed by atoms with E-state index in [2.05, 4.69) is 33.9 Å². The summed E-state index contributed by atoms with van der Waals surface area (Å²) in [6.45, 7) is 7.09. The van der Waals surface area contributed by atoms with Crippen LogP contribution in [0.25, 0.3) is 11.2 Å². The van der Waals surface area contributed by atoms with Crippen molar-refractivity contribution >= 4 is 28.8 Å². The molecule has 0 bridgehead atoms. The van der Waals surface area contributed by atoms with Crippen LogP contribution in [0.1, 0.15) is 58.9 Å². The lowest BCUT2D eigenvalue weighted by Gasteiger charge is -2.31. The predicted molar refractivity (Wildman–Crippen MR) is 145 cm³/mol. The summed E-state index contributed by atoms with van der Waals surface area (Å²) in [5.41, 5.74) is 0.883. The summed E-state index contributed by atoms with van der Waals surface area (Å²) in [7, 11) is 4.06. The molecule has 14 heteroatoms. The predicted octanol–water partition coefficient (Wildman–Crippen LogP) is 2.40. The Balaban J connectivity index is 1.74. The largest absolute Gasteiger partial charge is 0.471 e. The fraction of sp³-hybridized carbons (Fsp3) is 0.769. The Morgan fingerprint density at radius 1 is 1.18 bits per heavy atom. The van der Waals surface area contributed by atoms with Crippen LogP contribution in [0.5, 0.6) is 0 Å². The molecular weight excluding hydrogens is 529 g/mol. The minimum atomic E-state index is -5.09. The number of nitrogens with zero attached hydrogens (tertiary/aromatic N) is 7. The Bertz CT molecular complexity index is 1170. The number of likely N-dealkylation sites (N-methyl/N-ethyl adjacent to an activating group) is 1. The standard InChI is InChI=1S/C26H41F3N8O3/c1-6-10-36(24(40)26(27,28)29)17-12-18(21(39)20(17)38)37-14-30-19-22(31-15(7-2)8-3)32-25(33-23(19)37)35-11-9-16(13-35)34(4)5/h14-18,20-21,38-39H,6-13H2,1-5H3,(H,31,32,33)/t16-,17+,18-,20-,21+/m1/s1. The Hall–Kier alpha value is -2.71. The summed E-state index contributed by atoms with van der Waals surface area (Å²) in [6, 6.07) is -1.58. The first-order valence-electron chi connectivity index (χ1n) is 14.1. The first-order chi connectivity index (χ1) is 18.9. The molecule has 224 valence electrons. The van der Waals surface area contributed by atoms with Gasteiger partial charge in [-0.2, -0.15) is 23.1 Å². The van der Waals surface area contributed by atoms with Crippen molar-refractivity contribution in [1.29, 1.82) is 0 Å². The topological polar surface area (TPSA) is 123 Å². The number of anilines is 2. The van der Waals surface area contributed by atoms with E-state index >= 15 is 0 Å². The molecule has 40 heavy (non-hydrogen) atoms. The molecular formula is C26H41F3N8O3. The van der Waals surface area contributed by atoms with Gasteiger partial charge in [-0.1, -0.05) is 20.8 Å². The zero-order valence-corrected chi connectivity index (χ0v) is 23.8. The summed E-state index contributed by atoms with van der Waals surface area (Å²) in [5.74, 6) is -0.978. The van der Waals surface area contributed by atoms with Crippen LogP contribution in [-0.4, -0.2) is 116 Å². The van der Waals surface area contributed by atoms with E-state index in [4.69, 9.17) is 9.97 Å². The van der Waals surface area contributed by atoms with Crippen molar-refractivity contribution in [1.82, 2.24) is 29.3 Å². The number of amides is 1. The number of imidazole rings is 1. The molecule has 2 aliphatic rings. The third-order valence-electron chi connectivity index (χ3n) is 8.26. The van der Waals surface area contributed by atoms with Gasteiger partial charge >= 0.3 is 12.1 Å². The van der Waals surface area contributed by atoms with Crippen LogP contribution in [0.4, 0.5) is 24.9 Å². The second kappa shape index (κ2) is 12.0. The number of carbonyl (C=O) groups excluding carboxylic acids is 1. The number of halogens is 3. The molecule has 1 saturated heterocycles. The summed E-state index contributed by atoms with van der Waals surface area (Å²) < 4.78 is 41.7. The van der Waals surface area contributed by atoms with E-state index in [1.807, 2.05) is 14.1 Å². The number of rotatable bonds is 10. The lowest BCUT2D eigenvalue weighted by atomic mass is 10.1. The van der Waals surface area contributed by atoms with Gasteiger partial charge in [0.2, 0.25) is 5.95 Å². The summed E-state index contributed by atoms with van der Waals surface area (Å²) in [5, 5.41) is 25.4. The second-order valence-electron chi connectivity index (χ2n) is 11.1. The number of nitrogens with one attached hydrogen (secondary N) is 1. The van der Waals surface area contributed by atoms with Crippen molar-refractivity contribution in [3.05, 3.63) is 6.33 Å². The molecule has 2 aromatic heterocycles. The summed E-state index contributed by atoms with van der Waals surface area (Å²) >= 11 is 0. The van der Waals surface area contributed by atoms with Gasteiger partial charge in [0.1, 0.15) is 12.2 Å². The van der Waals surface area contributed by atoms with Crippen LogP contribution in [0.3, 0.4) is 0 Å². The van der Waals surface area contributed by atoms with Crippen LogP contribution in [0.2, 0.25) is 0 Å². The van der Waals surface area contributed by atoms with E-state index < -0.39 is 36.4 Å². The molecule has 0 spiro atoms. The molecule has 11 nitrogen and oxygen atoms in total. The highest BCUT2D eigenvalue weighted by molar-refractivity contribution is 5.85. The second-order valence-corrected chi connectivity index (χ2v) is 11.1. The van der Waals surface area contributed by atoms with Gasteiger partial charge in [0.15, 0.2) is 17.0 Å². The van der Waals surface area contributed by atoms with Gasteiger partial charge in [-0.15, -0.1) is 0 Å². The third kappa shape index (κ3) is 5.84. The van der Waals surface area contributed by atoms with Crippen LogP contribution in [0, 0.1) is 0 Å². The quantitative estimate of drug-likeness (QED) is 0.395. The fourth-order valence-electron chi connectivity index (χ4n) is 5.81. The van der Waals surface area contributed by atoms with Gasteiger partial charge in [0.25, 0.3) is 0 Å². The number of fused-ring (bicyclic) bond motifs is 1. The molecule has 4 rings (SSSR count). The monoisotopic (exact) mass is 570 g/mol. The Morgan fingerprint density at radius 3 is 2.45 bits per heavy atom. The smallest absolute Gasteiger partial charge is 0.388 e. The minimum Gasteiger partial charge on any atom is -0.388 e. The van der Waals surface area contributed by atoms with Crippen LogP contribution in [0.15, 0.2) is 6.33 Å². The average molecular weight is 571 g/mol. The maximum Gasteiger partial charge on any atom is 0.471 e. The van der Waals surface area contributed by atoms with Crippen LogP contribution >= 0.6 is 0 Å². The van der Waals surface area contributed by atoms with Crippen molar-refractivity contribution in [3.63, 3.8) is 0 Å². The van der Waals surface area contributed by atoms with Gasteiger partial charge < -0.3 is 34.8 Å². The van der Waals surface area contributed by atoms with E-state index in [0.29, 0.717) is 33.9 Å². The van der Waals surface area contributed by atoms with E-state index in [-0.39, 0.29) is 25.4 Å². The number of aliphatic hydroxyl groups excluding tert-OH is 2. The first-order valence-corrected chi connectivity index (χ1v) is 14.1. The van der Waals surface area contributed by atoms with Crippen molar-refractivity contribution in [3.8, 4) is 0 Å². The van der Waals surface area contributed by atoms with Gasteiger partial charge in [-0.3, -0.25) is 4.79 Å². The zero-order valence-electron chi connectivity index (χ0n) is 23.8. The Kier molecular flexibility index (Phi) is 9.10. The Morgan fingerprint density at radius 2 is 1.88 bits per heavy atom. The normalized spacial score (nSPS) is 25.5. The van der Waals surface area contributed by atoms with Gasteiger partial charge in [-0.25, -0.2) is 4.98 Å². The molecule has 1 aliphatic heterocycles. The molecule has 3 heterocycles. The maximum absolute atomic E-state index is 13.4. The van der Waals surface area contributed by atoms with Crippen molar-refractivity contribution in [2.45, 2.75) is 95.4 Å². The number of alkyl halides is 3. The number of aliphatic hydroxyl groups is 2. The SMILES string of the molecule is CCCN(C(=O)C(F)(F)F)[C@H]1C[C@@H](n2cnc3c(NC(CC)CC)nc(N4CC[C@@H](N(C)C)C4)nc32)[C@H](O)[C@@H]1O. The third-order valence-corrected chi connectivity index (χ3v) is 8.26. The summed E-state index contributed by atoms with van der Waals surface area (Å²) in [6.07, 6.45) is -3.75. The average Bonchev–Trinajstić information content (AvgIpc) is 3.63. The Labute approximate surface area is 232 Å². The lowest BCUT2D eigenvalue weighted by molar-refractivity contribution is -0.190. The van der Waals surface area contributed by atoms with E-state index in [0.717, 1.165) is 32.4 Å². The first kappa shape index (κ1) is 30.3. The van der Waals surface area contributed by atoms with Crippen LogP contribution in [-0.2, 0) is 4.79 Å². The van der Waals surface area contributed by atoms with Gasteiger partial charge in [-0.05, 0) is 46.2 Å². The van der Waals surface area contributed by atoms with Gasteiger partial charge in [0, 0.05) is 31.7 Å². The molecule has 2 aromatic rings. The fourth-order valence-corrected chi connectivity index (χ4v) is 5.81. The molecule has 2 fully saturated rings. The minimum absolute atomic E-state index is 0.0866. The van der Waals surface area contributed by atoms with E-state index in [1.165, 1.54) is 6.33 Å². The molecule has 1 amide bonds. The molecule has 0 radical (unpaired) electrons. The zero-order chi connectivity index (χ0) is 29.4. The number of hydrogen-bond donors (Lipinski definition) is 3. The molecule has 3 N–H and O–H groups in total. The highest BCUT2D eigenvalue weighted by Gasteiger charge is 2.51. The van der Waals surface area contributed by atoms with Crippen molar-refractivity contribution in [2.24, 2.45) is 0 Å². The van der Waals surface area contributed by atoms with Crippen LogP contribution < -0.4 is 10.2 Å². The van der Waals surface area contributed by atoms with Gasteiger partial charge in [0.05, 0.1) is 18.4 Å². The highest BCUT2D eigenvalue weighted by Crippen LogP contribution is 2.38. The highest BCUT2D eigenvalue weighted by atomic mass is 19.4. The molecule has 0 aromatic carbocycles. The maximum atomic E-state index is 13.4. The number of aromatic nitrogens is 4. The van der Waals surface area contributed by atoms with E-state index in [9.17, 15) is 28.2 Å². The molecule has 1 saturated carbocycles. The number of carbonyl (C=O) groups is 1. The summed E-state index contributed by atoms with van der Waals surface area (Å²) in [4.78, 5) is 31.3. The lowest BCUT2D eigenvalue weighted by Crippen LogP contribution is -2.51. The van der Waals surface area contributed by atoms with E-state index in [1.54, 1.807) is 11.5 Å². The molecule has 0 unspecified atom stereocenters. The molecule has 1 aliphatic carbocycles. The number of hydrogen-bond acceptors (Lipinski definition) is 9.